The zero-order valence-electron chi connectivity index (χ0n) is 8.38. The Morgan fingerprint density at radius 1 is 1.20 bits per heavy atom. The molecular weight excluding hydrogens is 219 g/mol. The molecule has 0 fully saturated rings. The van der Waals surface area contributed by atoms with Crippen LogP contribution in [0.15, 0.2) is 24.3 Å². The van der Waals surface area contributed by atoms with Crippen LogP contribution in [0.5, 0.6) is 5.75 Å². The summed E-state index contributed by atoms with van der Waals surface area (Å²) in [5, 5.41) is 0. The Balaban J connectivity index is 2.98. The van der Waals surface area contributed by atoms with E-state index in [4.69, 9.17) is 4.74 Å². The molecule has 0 N–H and O–H groups in total. The van der Waals surface area contributed by atoms with Gasteiger partial charge in [0.05, 0.1) is 7.11 Å². The van der Waals surface area contributed by atoms with E-state index >= 15 is 0 Å². The minimum absolute atomic E-state index is 0.298. The fraction of sp³-hybridized carbons (Fsp3) is 0.333. The Morgan fingerprint density at radius 2 is 1.73 bits per heavy atom. The van der Waals surface area contributed by atoms with E-state index in [0.29, 0.717) is 11.3 Å². The van der Waals surface area contributed by atoms with Crippen LogP contribution in [0, 0.1) is 0 Å². The average molecular weight is 230 g/mol. The highest BCUT2D eigenvalue weighted by Gasteiger charge is 2.14. The van der Waals surface area contributed by atoms with Gasteiger partial charge in [-0.15, -0.1) is 0 Å². The zero-order chi connectivity index (χ0) is 11.5. The molecule has 1 atom stereocenters. The van der Waals surface area contributed by atoms with Gasteiger partial charge < -0.3 is 23.8 Å². The van der Waals surface area contributed by atoms with E-state index in [1.165, 1.54) is 26.4 Å². The van der Waals surface area contributed by atoms with Gasteiger partial charge in [-0.25, -0.2) is 0 Å². The maximum Gasteiger partial charge on any atom is 0.118 e. The van der Waals surface area contributed by atoms with Crippen molar-refractivity contribution in [3.8, 4) is 5.75 Å². The predicted molar refractivity (Wildman–Crippen MR) is 50.4 cm³/mol. The third-order valence-electron chi connectivity index (χ3n) is 1.91. The third kappa shape index (κ3) is 3.04. The molecule has 0 aliphatic carbocycles. The first-order chi connectivity index (χ1) is 6.99. The Labute approximate surface area is 87.8 Å². The molecule has 0 spiro atoms. The molecule has 84 valence electrons. The van der Waals surface area contributed by atoms with Gasteiger partial charge in [0.25, 0.3) is 0 Å². The second kappa shape index (κ2) is 4.77. The van der Waals surface area contributed by atoms with Crippen LogP contribution in [0.2, 0.25) is 0 Å². The summed E-state index contributed by atoms with van der Waals surface area (Å²) in [5.41, 5.74) is 0.298. The molecular formula is C9H11O5P-2. The minimum atomic E-state index is -4.78. The molecule has 0 saturated carbocycles. The Bertz CT molecular complexity index is 355. The predicted octanol–water partition coefficient (Wildman–Crippen LogP) is 0.254. The van der Waals surface area contributed by atoms with Gasteiger partial charge in [0.2, 0.25) is 0 Å². The molecule has 0 aliphatic rings. The van der Waals surface area contributed by atoms with Crippen LogP contribution in [0.4, 0.5) is 0 Å². The van der Waals surface area contributed by atoms with E-state index in [-0.39, 0.29) is 0 Å². The number of ether oxygens (including phenoxy) is 2. The normalized spacial score (nSPS) is 13.6. The van der Waals surface area contributed by atoms with Crippen LogP contribution in [0.3, 0.4) is 0 Å². The van der Waals surface area contributed by atoms with Crippen LogP contribution < -0.4 is 14.5 Å². The maximum absolute atomic E-state index is 10.8. The molecule has 0 heterocycles. The first-order valence-corrected chi connectivity index (χ1v) is 5.78. The van der Waals surface area contributed by atoms with Gasteiger partial charge in [0, 0.05) is 7.11 Å². The quantitative estimate of drug-likeness (QED) is 0.692. The van der Waals surface area contributed by atoms with Crippen LogP contribution >= 0.6 is 7.60 Å². The van der Waals surface area contributed by atoms with E-state index in [0.717, 1.165) is 0 Å². The van der Waals surface area contributed by atoms with Gasteiger partial charge in [0.1, 0.15) is 11.6 Å². The number of rotatable bonds is 4. The van der Waals surface area contributed by atoms with Crippen molar-refractivity contribution in [1.82, 2.24) is 0 Å². The number of hydrogen-bond donors (Lipinski definition) is 0. The molecule has 1 aromatic rings. The van der Waals surface area contributed by atoms with Crippen molar-refractivity contribution in [2.45, 2.75) is 5.85 Å². The topological polar surface area (TPSA) is 81.7 Å². The SMILES string of the molecule is COc1ccc(C(OC)P(=O)([O-])[O-])cc1. The van der Waals surface area contributed by atoms with E-state index in [1.54, 1.807) is 12.1 Å². The fourth-order valence-corrected chi connectivity index (χ4v) is 2.01. The summed E-state index contributed by atoms with van der Waals surface area (Å²) < 4.78 is 20.4. The lowest BCUT2D eigenvalue weighted by Gasteiger charge is -2.37. The molecule has 0 saturated heterocycles. The highest BCUT2D eigenvalue weighted by Crippen LogP contribution is 2.44. The van der Waals surface area contributed by atoms with Crippen LogP contribution in [0.25, 0.3) is 0 Å². The van der Waals surface area contributed by atoms with Gasteiger partial charge in [-0.3, -0.25) is 0 Å². The monoisotopic (exact) mass is 230 g/mol. The van der Waals surface area contributed by atoms with Crippen LogP contribution in [-0.2, 0) is 9.30 Å². The largest absolute Gasteiger partial charge is 0.809 e. The standard InChI is InChI=1S/C9H13O5P/c1-13-8-5-3-7(4-6-8)9(14-2)15(10,11)12/h3-6,9H,1-2H3,(H2,10,11,12)/p-2. The van der Waals surface area contributed by atoms with Gasteiger partial charge in [0.15, 0.2) is 0 Å². The molecule has 0 aromatic heterocycles. The first-order valence-electron chi connectivity index (χ1n) is 4.17. The van der Waals surface area contributed by atoms with Crippen molar-refractivity contribution in [2.75, 3.05) is 14.2 Å². The summed E-state index contributed by atoms with van der Waals surface area (Å²) in [7, 11) is -2.11. The minimum Gasteiger partial charge on any atom is -0.809 e. The second-order valence-corrected chi connectivity index (χ2v) is 4.45. The number of methoxy groups -OCH3 is 2. The molecule has 15 heavy (non-hydrogen) atoms. The van der Waals surface area contributed by atoms with Crippen molar-refractivity contribution < 1.29 is 23.8 Å². The van der Waals surface area contributed by atoms with E-state index < -0.39 is 13.4 Å². The first kappa shape index (κ1) is 12.2. The summed E-state index contributed by atoms with van der Waals surface area (Å²) in [6.45, 7) is 0. The van der Waals surface area contributed by atoms with Crippen LogP contribution in [0.1, 0.15) is 11.4 Å². The molecule has 6 heteroatoms. The van der Waals surface area contributed by atoms with Gasteiger partial charge in [-0.2, -0.15) is 0 Å². The fourth-order valence-electron chi connectivity index (χ4n) is 1.22. The molecule has 5 nitrogen and oxygen atoms in total. The van der Waals surface area contributed by atoms with Crippen LogP contribution in [-0.4, -0.2) is 14.2 Å². The number of hydrogen-bond acceptors (Lipinski definition) is 5. The Kier molecular flexibility index (Phi) is 3.88. The van der Waals surface area contributed by atoms with Crippen molar-refractivity contribution in [3.63, 3.8) is 0 Å². The van der Waals surface area contributed by atoms with Gasteiger partial charge in [-0.1, -0.05) is 12.1 Å². The highest BCUT2D eigenvalue weighted by molar-refractivity contribution is 7.49. The van der Waals surface area contributed by atoms with Gasteiger partial charge in [-0.05, 0) is 25.3 Å². The highest BCUT2D eigenvalue weighted by atomic mass is 31.2. The van der Waals surface area contributed by atoms with E-state index in [1.807, 2.05) is 0 Å². The van der Waals surface area contributed by atoms with Crippen molar-refractivity contribution in [3.05, 3.63) is 29.8 Å². The van der Waals surface area contributed by atoms with Gasteiger partial charge >= 0.3 is 0 Å². The molecule has 1 aromatic carbocycles. The Morgan fingerprint density at radius 3 is 2.07 bits per heavy atom. The molecule has 0 radical (unpaired) electrons. The summed E-state index contributed by atoms with van der Waals surface area (Å²) >= 11 is 0. The smallest absolute Gasteiger partial charge is 0.118 e. The third-order valence-corrected chi connectivity index (χ3v) is 2.99. The molecule has 0 aliphatic heterocycles. The molecule has 0 bridgehead atoms. The Hall–Kier alpha value is -0.870. The van der Waals surface area contributed by atoms with E-state index in [9.17, 15) is 14.4 Å². The molecule has 0 amide bonds. The molecule has 1 unspecified atom stereocenters. The lowest BCUT2D eigenvalue weighted by atomic mass is 10.2. The van der Waals surface area contributed by atoms with E-state index in [2.05, 4.69) is 4.74 Å². The lowest BCUT2D eigenvalue weighted by Crippen LogP contribution is -2.21. The zero-order valence-corrected chi connectivity index (χ0v) is 9.27. The van der Waals surface area contributed by atoms with Crippen molar-refractivity contribution in [2.24, 2.45) is 0 Å². The maximum atomic E-state index is 10.8. The molecule has 1 rings (SSSR count). The lowest BCUT2D eigenvalue weighted by molar-refractivity contribution is -0.323. The van der Waals surface area contributed by atoms with Crippen molar-refractivity contribution >= 4 is 7.60 Å². The number of benzene rings is 1. The second-order valence-electron chi connectivity index (χ2n) is 2.90. The van der Waals surface area contributed by atoms with Crippen molar-refractivity contribution in [1.29, 1.82) is 0 Å². The summed E-state index contributed by atoms with van der Waals surface area (Å²) in [4.78, 5) is 21.7. The average Bonchev–Trinajstić information content (AvgIpc) is 2.18. The summed E-state index contributed by atoms with van der Waals surface area (Å²) in [5.74, 6) is -0.858. The summed E-state index contributed by atoms with van der Waals surface area (Å²) in [6, 6.07) is 6.10. The summed E-state index contributed by atoms with van der Waals surface area (Å²) in [6.07, 6.45) is 0.